The highest BCUT2D eigenvalue weighted by Gasteiger charge is 2.19. The highest BCUT2D eigenvalue weighted by atomic mass is 32.2. The Morgan fingerprint density at radius 3 is 2.76 bits per heavy atom. The molecule has 1 aromatic carbocycles. The van der Waals surface area contributed by atoms with Crippen molar-refractivity contribution in [1.82, 2.24) is 5.16 Å². The summed E-state index contributed by atoms with van der Waals surface area (Å²) in [6, 6.07) is 7.63. The Morgan fingerprint density at radius 1 is 1.33 bits per heavy atom. The van der Waals surface area contributed by atoms with Gasteiger partial charge in [-0.1, -0.05) is 5.16 Å². The summed E-state index contributed by atoms with van der Waals surface area (Å²) in [5.74, 6) is -0.200. The van der Waals surface area contributed by atoms with Crippen molar-refractivity contribution in [2.24, 2.45) is 0 Å². The van der Waals surface area contributed by atoms with E-state index < -0.39 is 15.9 Å². The number of nitrogens with zero attached hydrogens (tertiary/aromatic N) is 2. The molecule has 1 heterocycles. The molecule has 0 atom stereocenters. The predicted octanol–water partition coefficient (Wildman–Crippen LogP) is 1.85. The van der Waals surface area contributed by atoms with Crippen LogP contribution in [0.15, 0.2) is 35.1 Å². The fraction of sp³-hybridized carbons (Fsp3) is 0.231. The number of hydrogen-bond donors (Lipinski definition) is 0. The molecular formula is C13H12N2O5S. The summed E-state index contributed by atoms with van der Waals surface area (Å²) in [6.45, 7) is 2.06. The zero-order valence-corrected chi connectivity index (χ0v) is 12.0. The number of aromatic nitrogens is 1. The van der Waals surface area contributed by atoms with E-state index in [4.69, 9.17) is 14.2 Å². The number of nitriles is 1. The van der Waals surface area contributed by atoms with Gasteiger partial charge in [0.2, 0.25) is 0 Å². The second-order valence-corrected chi connectivity index (χ2v) is 5.55. The van der Waals surface area contributed by atoms with E-state index in [1.54, 1.807) is 6.92 Å². The molecule has 0 saturated heterocycles. The van der Waals surface area contributed by atoms with E-state index in [0.717, 1.165) is 0 Å². The summed E-state index contributed by atoms with van der Waals surface area (Å²) in [5.41, 5.74) is 0.585. The summed E-state index contributed by atoms with van der Waals surface area (Å²) in [4.78, 5) is 0. The topological polar surface area (TPSA) is 102 Å². The summed E-state index contributed by atoms with van der Waals surface area (Å²) in [7, 11) is -3.90. The maximum Gasteiger partial charge on any atom is 0.315 e. The van der Waals surface area contributed by atoms with Gasteiger partial charge in [-0.05, 0) is 19.1 Å². The molecule has 0 spiro atoms. The average molecular weight is 308 g/mol. The first kappa shape index (κ1) is 14.9. The van der Waals surface area contributed by atoms with Crippen LogP contribution in [0.5, 0.6) is 11.5 Å². The van der Waals surface area contributed by atoms with Gasteiger partial charge in [-0.25, -0.2) is 0 Å². The minimum atomic E-state index is -3.90. The lowest BCUT2D eigenvalue weighted by atomic mass is 10.2. The molecular weight excluding hydrogens is 296 g/mol. The highest BCUT2D eigenvalue weighted by molar-refractivity contribution is 7.86. The first-order chi connectivity index (χ1) is 10.0. The van der Waals surface area contributed by atoms with Crippen molar-refractivity contribution in [3.05, 3.63) is 41.8 Å². The average Bonchev–Trinajstić information content (AvgIpc) is 2.92. The van der Waals surface area contributed by atoms with Crippen LogP contribution >= 0.6 is 0 Å². The molecule has 0 radical (unpaired) electrons. The molecule has 0 aliphatic carbocycles. The molecule has 7 nitrogen and oxygen atoms in total. The third-order valence-corrected chi connectivity index (χ3v) is 3.49. The molecule has 0 fully saturated rings. The molecule has 0 amide bonds. The van der Waals surface area contributed by atoms with Crippen molar-refractivity contribution < 1.29 is 21.9 Å². The highest BCUT2D eigenvalue weighted by Crippen LogP contribution is 2.30. The van der Waals surface area contributed by atoms with Crippen LogP contribution in [-0.2, 0) is 15.9 Å². The van der Waals surface area contributed by atoms with Crippen molar-refractivity contribution in [2.45, 2.75) is 12.7 Å². The van der Waals surface area contributed by atoms with Crippen LogP contribution in [0.25, 0.3) is 0 Å². The second-order valence-electron chi connectivity index (χ2n) is 3.98. The molecule has 0 aliphatic heterocycles. The van der Waals surface area contributed by atoms with Crippen LogP contribution < -0.4 is 8.92 Å². The van der Waals surface area contributed by atoms with E-state index in [1.165, 1.54) is 30.5 Å². The fourth-order valence-corrected chi connectivity index (χ4v) is 2.56. The largest absolute Gasteiger partial charge is 0.490 e. The maximum atomic E-state index is 12.0. The lowest BCUT2D eigenvalue weighted by Crippen LogP contribution is -2.13. The normalized spacial score (nSPS) is 10.9. The molecule has 2 rings (SSSR count). The Bertz CT molecular complexity index is 747. The lowest BCUT2D eigenvalue weighted by Gasteiger charge is -2.11. The second kappa shape index (κ2) is 6.28. The first-order valence-electron chi connectivity index (χ1n) is 6.02. The molecule has 1 aromatic heterocycles. The van der Waals surface area contributed by atoms with E-state index in [1.807, 2.05) is 6.07 Å². The standard InChI is InChI=1S/C13H12N2O5S/c1-2-18-13-7-10(8-14)3-4-12(13)20-21(16,17)9-11-5-6-19-15-11/h3-7H,2,9H2,1H3. The van der Waals surface area contributed by atoms with Crippen molar-refractivity contribution in [1.29, 1.82) is 5.26 Å². The van der Waals surface area contributed by atoms with Crippen molar-refractivity contribution in [2.75, 3.05) is 6.61 Å². The van der Waals surface area contributed by atoms with E-state index in [2.05, 4.69) is 9.68 Å². The van der Waals surface area contributed by atoms with Crippen molar-refractivity contribution >= 4 is 10.1 Å². The lowest BCUT2D eigenvalue weighted by molar-refractivity contribution is 0.327. The van der Waals surface area contributed by atoms with Gasteiger partial charge in [-0.2, -0.15) is 13.7 Å². The Labute approximate surface area is 121 Å². The van der Waals surface area contributed by atoms with Crippen LogP contribution in [0.2, 0.25) is 0 Å². The third kappa shape index (κ3) is 3.97. The Balaban J connectivity index is 2.24. The summed E-state index contributed by atoms with van der Waals surface area (Å²) in [5, 5.41) is 12.4. The molecule has 0 unspecified atom stereocenters. The molecule has 0 N–H and O–H groups in total. The smallest absolute Gasteiger partial charge is 0.315 e. The fourth-order valence-electron chi connectivity index (χ4n) is 1.57. The maximum absolute atomic E-state index is 12.0. The Hall–Kier alpha value is -2.53. The van der Waals surface area contributed by atoms with Gasteiger partial charge in [0.15, 0.2) is 11.5 Å². The molecule has 8 heteroatoms. The van der Waals surface area contributed by atoms with Gasteiger partial charge in [0.1, 0.15) is 17.7 Å². The van der Waals surface area contributed by atoms with Gasteiger partial charge in [0.25, 0.3) is 0 Å². The monoisotopic (exact) mass is 308 g/mol. The van der Waals surface area contributed by atoms with Gasteiger partial charge >= 0.3 is 10.1 Å². The quantitative estimate of drug-likeness (QED) is 0.750. The zero-order chi connectivity index (χ0) is 15.3. The summed E-state index contributed by atoms with van der Waals surface area (Å²) >= 11 is 0. The van der Waals surface area contributed by atoms with Gasteiger partial charge < -0.3 is 13.4 Å². The number of benzene rings is 1. The number of rotatable bonds is 6. The van der Waals surface area contributed by atoms with Gasteiger partial charge in [0.05, 0.1) is 18.2 Å². The van der Waals surface area contributed by atoms with Crippen molar-refractivity contribution in [3.63, 3.8) is 0 Å². The molecule has 21 heavy (non-hydrogen) atoms. The molecule has 0 saturated carbocycles. The van der Waals surface area contributed by atoms with Gasteiger partial charge in [-0.3, -0.25) is 0 Å². The minimum Gasteiger partial charge on any atom is -0.490 e. The first-order valence-corrected chi connectivity index (χ1v) is 7.60. The van der Waals surface area contributed by atoms with E-state index >= 15 is 0 Å². The number of hydrogen-bond acceptors (Lipinski definition) is 7. The minimum absolute atomic E-state index is 0.0272. The third-order valence-electron chi connectivity index (χ3n) is 2.41. The molecule has 0 aliphatic rings. The van der Waals surface area contributed by atoms with Crippen molar-refractivity contribution in [3.8, 4) is 17.6 Å². The van der Waals surface area contributed by atoms with E-state index in [0.29, 0.717) is 12.2 Å². The van der Waals surface area contributed by atoms with Gasteiger partial charge in [0, 0.05) is 12.1 Å². The SMILES string of the molecule is CCOc1cc(C#N)ccc1OS(=O)(=O)Cc1ccon1. The Morgan fingerprint density at radius 2 is 2.14 bits per heavy atom. The van der Waals surface area contributed by atoms with E-state index in [9.17, 15) is 8.42 Å². The van der Waals surface area contributed by atoms with Crippen LogP contribution in [0.4, 0.5) is 0 Å². The Kier molecular flexibility index (Phi) is 4.45. The van der Waals surface area contributed by atoms with Crippen LogP contribution in [0.3, 0.4) is 0 Å². The predicted molar refractivity (Wildman–Crippen MR) is 72.1 cm³/mol. The zero-order valence-electron chi connectivity index (χ0n) is 11.1. The van der Waals surface area contributed by atoms with Crippen LogP contribution in [-0.4, -0.2) is 20.2 Å². The van der Waals surface area contributed by atoms with Crippen LogP contribution in [0, 0.1) is 11.3 Å². The summed E-state index contributed by atoms with van der Waals surface area (Å²) < 4.78 is 38.8. The van der Waals surface area contributed by atoms with E-state index in [-0.39, 0.29) is 17.2 Å². The molecule has 0 bridgehead atoms. The number of ether oxygens (including phenoxy) is 1. The van der Waals surface area contributed by atoms with Gasteiger partial charge in [-0.15, -0.1) is 0 Å². The molecule has 110 valence electrons. The van der Waals surface area contributed by atoms with Crippen LogP contribution in [0.1, 0.15) is 18.2 Å². The molecule has 2 aromatic rings. The summed E-state index contributed by atoms with van der Waals surface area (Å²) in [6.07, 6.45) is 1.28.